The van der Waals surface area contributed by atoms with Crippen LogP contribution in [0.3, 0.4) is 0 Å². The molecule has 7 heteroatoms. The summed E-state index contributed by atoms with van der Waals surface area (Å²) in [5.41, 5.74) is 2.70. The highest BCUT2D eigenvalue weighted by Gasteiger charge is 2.10. The number of anilines is 3. The third-order valence-electron chi connectivity index (χ3n) is 3.64. The first-order chi connectivity index (χ1) is 12.4. The summed E-state index contributed by atoms with van der Waals surface area (Å²) in [5.74, 6) is -2.51. The van der Waals surface area contributed by atoms with Crippen LogP contribution in [-0.4, -0.2) is 10.9 Å². The minimum Gasteiger partial charge on any atom is -0.354 e. The van der Waals surface area contributed by atoms with Crippen LogP contribution >= 0.6 is 11.6 Å². The van der Waals surface area contributed by atoms with Gasteiger partial charge in [0.05, 0.1) is 17.4 Å². The van der Waals surface area contributed by atoms with Crippen LogP contribution in [0.1, 0.15) is 15.9 Å². The zero-order chi connectivity index (χ0) is 18.7. The van der Waals surface area contributed by atoms with E-state index in [0.29, 0.717) is 10.7 Å². The zero-order valence-corrected chi connectivity index (χ0v) is 14.4. The fraction of sp³-hybridized carbons (Fsp3) is 0.0526. The van der Waals surface area contributed by atoms with Gasteiger partial charge < -0.3 is 10.6 Å². The number of benzene rings is 2. The van der Waals surface area contributed by atoms with Crippen LogP contribution in [0.5, 0.6) is 0 Å². The highest BCUT2D eigenvalue weighted by molar-refractivity contribution is 6.31. The normalized spacial score (nSPS) is 10.5. The monoisotopic (exact) mass is 373 g/mol. The Labute approximate surface area is 153 Å². The highest BCUT2D eigenvalue weighted by atomic mass is 35.5. The minimum atomic E-state index is -1.03. The van der Waals surface area contributed by atoms with Crippen LogP contribution in [0.25, 0.3) is 0 Å². The molecule has 1 aromatic heterocycles. The number of carbonyl (C=O) groups is 1. The molecule has 2 N–H and O–H groups in total. The molecule has 0 radical (unpaired) electrons. The van der Waals surface area contributed by atoms with Crippen LogP contribution in [0, 0.1) is 18.6 Å². The molecule has 0 atom stereocenters. The van der Waals surface area contributed by atoms with E-state index < -0.39 is 17.5 Å². The van der Waals surface area contributed by atoms with Gasteiger partial charge in [0.2, 0.25) is 0 Å². The predicted octanol–water partition coefficient (Wildman–Crippen LogP) is 5.32. The van der Waals surface area contributed by atoms with Gasteiger partial charge in [-0.25, -0.2) is 8.78 Å². The lowest BCUT2D eigenvalue weighted by Gasteiger charge is -2.10. The topological polar surface area (TPSA) is 54.0 Å². The van der Waals surface area contributed by atoms with Gasteiger partial charge in [-0.05, 0) is 42.8 Å². The second kappa shape index (κ2) is 7.49. The van der Waals surface area contributed by atoms with Gasteiger partial charge in [0.15, 0.2) is 11.6 Å². The van der Waals surface area contributed by atoms with Gasteiger partial charge in [-0.3, -0.25) is 9.78 Å². The van der Waals surface area contributed by atoms with E-state index in [9.17, 15) is 13.6 Å². The first-order valence-corrected chi connectivity index (χ1v) is 8.05. The number of amides is 1. The van der Waals surface area contributed by atoms with Crippen molar-refractivity contribution in [3.05, 3.63) is 82.6 Å². The smallest absolute Gasteiger partial charge is 0.257 e. The summed E-state index contributed by atoms with van der Waals surface area (Å²) < 4.78 is 26.2. The fourth-order valence-electron chi connectivity index (χ4n) is 2.25. The van der Waals surface area contributed by atoms with E-state index in [1.54, 1.807) is 18.3 Å². The standard InChI is InChI=1S/C19H14ClF2N3O/c1-11-2-3-13(7-16(11)20)24-15-6-12(9-23-10-15)19(26)25-14-4-5-17(21)18(22)8-14/h2-10,24H,1H3,(H,25,26). The van der Waals surface area contributed by atoms with Crippen molar-refractivity contribution in [2.24, 2.45) is 0 Å². The van der Waals surface area contributed by atoms with Gasteiger partial charge in [0.25, 0.3) is 5.91 Å². The van der Waals surface area contributed by atoms with E-state index in [-0.39, 0.29) is 11.3 Å². The Morgan fingerprint density at radius 3 is 2.46 bits per heavy atom. The molecular formula is C19H14ClF2N3O. The summed E-state index contributed by atoms with van der Waals surface area (Å²) in [7, 11) is 0. The van der Waals surface area contributed by atoms with Gasteiger partial charge in [-0.15, -0.1) is 0 Å². The number of hydrogen-bond donors (Lipinski definition) is 2. The average molecular weight is 374 g/mol. The lowest BCUT2D eigenvalue weighted by Crippen LogP contribution is -2.12. The number of halogens is 3. The number of aromatic nitrogens is 1. The predicted molar refractivity (Wildman–Crippen MR) is 98.0 cm³/mol. The molecule has 3 aromatic rings. The van der Waals surface area contributed by atoms with Gasteiger partial charge in [-0.1, -0.05) is 17.7 Å². The van der Waals surface area contributed by atoms with Crippen molar-refractivity contribution in [2.75, 3.05) is 10.6 Å². The molecule has 0 fully saturated rings. The quantitative estimate of drug-likeness (QED) is 0.651. The highest BCUT2D eigenvalue weighted by Crippen LogP contribution is 2.23. The molecule has 4 nitrogen and oxygen atoms in total. The second-order valence-corrected chi connectivity index (χ2v) is 6.04. The molecule has 0 aliphatic heterocycles. The van der Waals surface area contributed by atoms with Crippen molar-refractivity contribution in [3.8, 4) is 0 Å². The van der Waals surface area contributed by atoms with Gasteiger partial charge in [-0.2, -0.15) is 0 Å². The minimum absolute atomic E-state index is 0.151. The molecule has 3 rings (SSSR count). The van der Waals surface area contributed by atoms with Crippen LogP contribution in [0.2, 0.25) is 5.02 Å². The lowest BCUT2D eigenvalue weighted by molar-refractivity contribution is 0.102. The summed E-state index contributed by atoms with van der Waals surface area (Å²) >= 11 is 6.10. The first kappa shape index (κ1) is 17.8. The third kappa shape index (κ3) is 4.15. The molecule has 2 aromatic carbocycles. The number of rotatable bonds is 4. The van der Waals surface area contributed by atoms with Crippen LogP contribution in [0.15, 0.2) is 54.9 Å². The molecule has 0 saturated carbocycles. The molecule has 1 heterocycles. The van der Waals surface area contributed by atoms with Crippen molar-refractivity contribution in [1.29, 1.82) is 0 Å². The summed E-state index contributed by atoms with van der Waals surface area (Å²) in [4.78, 5) is 16.3. The number of pyridine rings is 1. The Morgan fingerprint density at radius 2 is 1.73 bits per heavy atom. The first-order valence-electron chi connectivity index (χ1n) is 7.67. The molecule has 0 saturated heterocycles. The average Bonchev–Trinajstić information content (AvgIpc) is 2.61. The molecule has 0 bridgehead atoms. The van der Waals surface area contributed by atoms with Gasteiger partial charge in [0.1, 0.15) is 0 Å². The summed E-state index contributed by atoms with van der Waals surface area (Å²) in [6, 6.07) is 10.2. The summed E-state index contributed by atoms with van der Waals surface area (Å²) in [6.45, 7) is 1.90. The van der Waals surface area contributed by atoms with E-state index in [4.69, 9.17) is 11.6 Å². The Hall–Kier alpha value is -2.99. The van der Waals surface area contributed by atoms with Crippen LogP contribution in [-0.2, 0) is 0 Å². The van der Waals surface area contributed by atoms with E-state index in [2.05, 4.69) is 15.6 Å². The zero-order valence-electron chi connectivity index (χ0n) is 13.7. The summed E-state index contributed by atoms with van der Waals surface area (Å²) in [6.07, 6.45) is 2.94. The Kier molecular flexibility index (Phi) is 5.14. The maximum atomic E-state index is 13.2. The van der Waals surface area contributed by atoms with Crippen LogP contribution in [0.4, 0.5) is 25.8 Å². The Balaban J connectivity index is 1.76. The van der Waals surface area contributed by atoms with E-state index in [1.807, 2.05) is 19.1 Å². The number of aryl methyl sites for hydroxylation is 1. The van der Waals surface area contributed by atoms with E-state index in [1.165, 1.54) is 12.3 Å². The lowest BCUT2D eigenvalue weighted by atomic mass is 10.2. The van der Waals surface area contributed by atoms with Gasteiger partial charge >= 0.3 is 0 Å². The molecule has 132 valence electrons. The molecule has 0 aliphatic carbocycles. The van der Waals surface area contributed by atoms with Gasteiger partial charge in [0, 0.05) is 28.7 Å². The van der Waals surface area contributed by atoms with Crippen molar-refractivity contribution in [3.63, 3.8) is 0 Å². The second-order valence-electron chi connectivity index (χ2n) is 5.63. The maximum Gasteiger partial charge on any atom is 0.257 e. The molecule has 26 heavy (non-hydrogen) atoms. The Bertz CT molecular complexity index is 979. The SMILES string of the molecule is Cc1ccc(Nc2cncc(C(=O)Nc3ccc(F)c(F)c3)c2)cc1Cl. The largest absolute Gasteiger partial charge is 0.354 e. The number of carbonyl (C=O) groups excluding carboxylic acids is 1. The Morgan fingerprint density at radius 1 is 0.962 bits per heavy atom. The van der Waals surface area contributed by atoms with Crippen molar-refractivity contribution >= 4 is 34.6 Å². The van der Waals surface area contributed by atoms with E-state index in [0.717, 1.165) is 23.4 Å². The van der Waals surface area contributed by atoms with Crippen molar-refractivity contribution in [2.45, 2.75) is 6.92 Å². The summed E-state index contributed by atoms with van der Waals surface area (Å²) in [5, 5.41) is 6.23. The van der Waals surface area contributed by atoms with Crippen molar-refractivity contribution in [1.82, 2.24) is 4.98 Å². The van der Waals surface area contributed by atoms with E-state index >= 15 is 0 Å². The molecule has 0 unspecified atom stereocenters. The maximum absolute atomic E-state index is 13.2. The van der Waals surface area contributed by atoms with Crippen molar-refractivity contribution < 1.29 is 13.6 Å². The number of nitrogens with zero attached hydrogens (tertiary/aromatic N) is 1. The molecule has 0 aliphatic rings. The number of nitrogens with one attached hydrogen (secondary N) is 2. The molecule has 1 amide bonds. The molecular weight excluding hydrogens is 360 g/mol. The number of hydrogen-bond acceptors (Lipinski definition) is 3. The molecule has 0 spiro atoms. The third-order valence-corrected chi connectivity index (χ3v) is 4.05. The fourth-order valence-corrected chi connectivity index (χ4v) is 2.43. The van der Waals surface area contributed by atoms with Crippen LogP contribution < -0.4 is 10.6 Å².